The van der Waals surface area contributed by atoms with E-state index in [0.29, 0.717) is 18.8 Å². The molecular weight excluding hydrogens is 388 g/mol. The molecule has 0 spiro atoms. The molecule has 1 aromatic carbocycles. The van der Waals surface area contributed by atoms with E-state index in [1.165, 1.54) is 5.57 Å². The maximum atomic E-state index is 12.9. The Hall–Kier alpha value is -2.57. The van der Waals surface area contributed by atoms with Gasteiger partial charge in [0.15, 0.2) is 0 Å². The van der Waals surface area contributed by atoms with Gasteiger partial charge in [-0.25, -0.2) is 4.98 Å². The van der Waals surface area contributed by atoms with Gasteiger partial charge in [0.05, 0.1) is 36.2 Å². The van der Waals surface area contributed by atoms with E-state index in [4.69, 9.17) is 16.3 Å². The van der Waals surface area contributed by atoms with Crippen LogP contribution in [-0.2, 0) is 4.79 Å². The van der Waals surface area contributed by atoms with Crippen molar-refractivity contribution in [3.63, 3.8) is 0 Å². The van der Waals surface area contributed by atoms with Crippen LogP contribution in [0.4, 0.5) is 5.69 Å². The van der Waals surface area contributed by atoms with Gasteiger partial charge in [-0.05, 0) is 37.5 Å². The number of methoxy groups -OCH3 is 1. The highest BCUT2D eigenvalue weighted by Gasteiger charge is 2.32. The zero-order valence-corrected chi connectivity index (χ0v) is 17.4. The molecule has 152 valence electrons. The molecule has 7 heteroatoms. The average Bonchev–Trinajstić information content (AvgIpc) is 3.32. The van der Waals surface area contributed by atoms with Gasteiger partial charge in [0, 0.05) is 31.0 Å². The third-order valence-electron chi connectivity index (χ3n) is 5.35. The third kappa shape index (κ3) is 4.23. The summed E-state index contributed by atoms with van der Waals surface area (Å²) < 4.78 is 7.50. The minimum absolute atomic E-state index is 0.0755. The summed E-state index contributed by atoms with van der Waals surface area (Å²) in [6.45, 7) is 3.30. The molecule has 0 radical (unpaired) electrons. The molecule has 0 bridgehead atoms. The molecule has 1 fully saturated rings. The number of nitrogens with zero attached hydrogens (tertiary/aromatic N) is 3. The second-order valence-electron chi connectivity index (χ2n) is 7.38. The lowest BCUT2D eigenvalue weighted by atomic mass is 10.1. The SMILES string of the molecule is COc1cc(N2CCC(NCC3=CCC(Cl)C=C3)C2=O)ccc1-n1cnc(C)c1. The van der Waals surface area contributed by atoms with Crippen molar-refractivity contribution in [2.75, 3.05) is 25.1 Å². The number of carbonyl (C=O) groups is 1. The van der Waals surface area contributed by atoms with Crippen molar-refractivity contribution in [1.29, 1.82) is 0 Å². The van der Waals surface area contributed by atoms with Crippen LogP contribution in [0.2, 0.25) is 0 Å². The second kappa shape index (κ2) is 8.43. The number of hydrogen-bond donors (Lipinski definition) is 1. The van der Waals surface area contributed by atoms with E-state index in [9.17, 15) is 4.79 Å². The molecule has 1 N–H and O–H groups in total. The number of aromatic nitrogens is 2. The lowest BCUT2D eigenvalue weighted by molar-refractivity contribution is -0.118. The summed E-state index contributed by atoms with van der Waals surface area (Å²) >= 11 is 6.07. The highest BCUT2D eigenvalue weighted by atomic mass is 35.5. The van der Waals surface area contributed by atoms with Crippen LogP contribution in [0.3, 0.4) is 0 Å². The molecule has 1 aliphatic carbocycles. The van der Waals surface area contributed by atoms with Crippen molar-refractivity contribution in [2.24, 2.45) is 0 Å². The average molecular weight is 413 g/mol. The van der Waals surface area contributed by atoms with E-state index >= 15 is 0 Å². The standard InChI is InChI=1S/C22H25ClN4O2/c1-15-13-26(14-25-15)20-8-7-18(11-21(20)29-2)27-10-9-19(22(27)28)24-12-16-3-5-17(23)6-4-16/h3-5,7-8,11,13-14,17,19,24H,6,9-10,12H2,1-2H3. The maximum absolute atomic E-state index is 12.9. The third-order valence-corrected chi connectivity index (χ3v) is 5.67. The number of alkyl halides is 1. The summed E-state index contributed by atoms with van der Waals surface area (Å²) in [5.74, 6) is 0.797. The van der Waals surface area contributed by atoms with Crippen molar-refractivity contribution in [1.82, 2.24) is 14.9 Å². The fraction of sp³-hybridized carbons (Fsp3) is 0.364. The summed E-state index contributed by atoms with van der Waals surface area (Å²) in [5.41, 5.74) is 3.85. The highest BCUT2D eigenvalue weighted by molar-refractivity contribution is 6.22. The van der Waals surface area contributed by atoms with Gasteiger partial charge in [0.25, 0.3) is 0 Å². The molecule has 29 heavy (non-hydrogen) atoms. The first kappa shape index (κ1) is 19.7. The van der Waals surface area contributed by atoms with Crippen LogP contribution in [-0.4, -0.2) is 47.1 Å². The molecule has 1 aliphatic heterocycles. The van der Waals surface area contributed by atoms with Gasteiger partial charge in [-0.2, -0.15) is 0 Å². The molecule has 2 aliphatic rings. The number of halogens is 1. The van der Waals surface area contributed by atoms with Crippen molar-refractivity contribution in [3.05, 3.63) is 60.2 Å². The van der Waals surface area contributed by atoms with Gasteiger partial charge in [-0.15, -0.1) is 11.6 Å². The van der Waals surface area contributed by atoms with E-state index in [0.717, 1.165) is 29.9 Å². The van der Waals surface area contributed by atoms with Crippen molar-refractivity contribution in [3.8, 4) is 11.4 Å². The smallest absolute Gasteiger partial charge is 0.244 e. The van der Waals surface area contributed by atoms with Crippen LogP contribution in [0, 0.1) is 6.92 Å². The number of carbonyl (C=O) groups excluding carboxylic acids is 1. The molecule has 6 nitrogen and oxygen atoms in total. The fourth-order valence-corrected chi connectivity index (χ4v) is 3.90. The van der Waals surface area contributed by atoms with E-state index in [1.807, 2.05) is 52.9 Å². The molecule has 2 atom stereocenters. The predicted molar refractivity (Wildman–Crippen MR) is 115 cm³/mol. The van der Waals surface area contributed by atoms with Gasteiger partial charge >= 0.3 is 0 Å². The monoisotopic (exact) mass is 412 g/mol. The number of amides is 1. The van der Waals surface area contributed by atoms with Crippen molar-refractivity contribution in [2.45, 2.75) is 31.2 Å². The number of rotatable bonds is 6. The first-order valence-corrected chi connectivity index (χ1v) is 10.2. The number of benzene rings is 1. The fourth-order valence-electron chi connectivity index (χ4n) is 3.74. The highest BCUT2D eigenvalue weighted by Crippen LogP contribution is 2.31. The van der Waals surface area contributed by atoms with Crippen LogP contribution in [0.1, 0.15) is 18.5 Å². The summed E-state index contributed by atoms with van der Waals surface area (Å²) in [4.78, 5) is 19.0. The largest absolute Gasteiger partial charge is 0.494 e. The minimum Gasteiger partial charge on any atom is -0.494 e. The Morgan fingerprint density at radius 2 is 2.24 bits per heavy atom. The molecule has 1 saturated heterocycles. The predicted octanol–water partition coefficient (Wildman–Crippen LogP) is 3.38. The topological polar surface area (TPSA) is 59.4 Å². The number of nitrogens with one attached hydrogen (secondary N) is 1. The Bertz CT molecular complexity index is 965. The number of anilines is 1. The number of aryl methyl sites for hydroxylation is 1. The maximum Gasteiger partial charge on any atom is 0.244 e. The van der Waals surface area contributed by atoms with Crippen LogP contribution >= 0.6 is 11.6 Å². The van der Waals surface area contributed by atoms with Crippen LogP contribution in [0.5, 0.6) is 5.75 Å². The molecule has 2 aromatic rings. The van der Waals surface area contributed by atoms with E-state index in [-0.39, 0.29) is 17.3 Å². The van der Waals surface area contributed by atoms with Crippen molar-refractivity contribution < 1.29 is 9.53 Å². The Kier molecular flexibility index (Phi) is 5.74. The number of allylic oxidation sites excluding steroid dienone is 2. The molecule has 1 amide bonds. The summed E-state index contributed by atoms with van der Waals surface area (Å²) in [7, 11) is 1.64. The zero-order chi connectivity index (χ0) is 20.4. The second-order valence-corrected chi connectivity index (χ2v) is 7.94. The van der Waals surface area contributed by atoms with Gasteiger partial charge in [0.1, 0.15) is 5.75 Å². The summed E-state index contributed by atoms with van der Waals surface area (Å²) in [6, 6.07) is 5.65. The van der Waals surface area contributed by atoms with E-state index < -0.39 is 0 Å². The molecular formula is C22H25ClN4O2. The molecule has 0 saturated carbocycles. The van der Waals surface area contributed by atoms with Crippen LogP contribution in [0.15, 0.2) is 54.5 Å². The first-order chi connectivity index (χ1) is 14.0. The lowest BCUT2D eigenvalue weighted by Crippen LogP contribution is -2.39. The molecule has 4 rings (SSSR count). The summed E-state index contributed by atoms with van der Waals surface area (Å²) in [5, 5.41) is 3.46. The normalized spacial score (nSPS) is 21.6. The number of imidazole rings is 1. The Balaban J connectivity index is 1.45. The molecule has 2 heterocycles. The zero-order valence-electron chi connectivity index (χ0n) is 16.6. The quantitative estimate of drug-likeness (QED) is 0.739. The number of hydrogen-bond acceptors (Lipinski definition) is 4. The molecule has 2 unspecified atom stereocenters. The number of ether oxygens (including phenoxy) is 1. The Morgan fingerprint density at radius 1 is 1.38 bits per heavy atom. The summed E-state index contributed by atoms with van der Waals surface area (Å²) in [6.07, 6.45) is 11.5. The Labute approximate surface area is 175 Å². The molecule has 1 aromatic heterocycles. The first-order valence-electron chi connectivity index (χ1n) is 9.80. The minimum atomic E-state index is -0.181. The van der Waals surface area contributed by atoms with Gasteiger partial charge in [0.2, 0.25) is 5.91 Å². The van der Waals surface area contributed by atoms with Gasteiger partial charge in [-0.3, -0.25) is 4.79 Å². The van der Waals surface area contributed by atoms with E-state index in [1.54, 1.807) is 13.4 Å². The van der Waals surface area contributed by atoms with Crippen LogP contribution < -0.4 is 15.0 Å². The van der Waals surface area contributed by atoms with Gasteiger partial charge < -0.3 is 19.5 Å². The van der Waals surface area contributed by atoms with E-state index in [2.05, 4.69) is 16.4 Å². The lowest BCUT2D eigenvalue weighted by Gasteiger charge is -2.20. The van der Waals surface area contributed by atoms with Crippen molar-refractivity contribution >= 4 is 23.2 Å². The van der Waals surface area contributed by atoms with Crippen LogP contribution in [0.25, 0.3) is 5.69 Å². The van der Waals surface area contributed by atoms with Gasteiger partial charge in [-0.1, -0.05) is 18.2 Å². The Morgan fingerprint density at radius 3 is 2.93 bits per heavy atom.